The Bertz CT molecular complexity index is 643. The molecule has 1 aromatic carbocycles. The van der Waals surface area contributed by atoms with Crippen molar-refractivity contribution in [1.82, 2.24) is 4.98 Å². The maximum atomic E-state index is 12.3. The first-order valence-corrected chi connectivity index (χ1v) is 7.26. The van der Waals surface area contributed by atoms with Gasteiger partial charge in [-0.25, -0.2) is 4.98 Å². The van der Waals surface area contributed by atoms with E-state index in [9.17, 15) is 4.79 Å². The quantitative estimate of drug-likeness (QED) is 0.873. The Balaban J connectivity index is 2.19. The van der Waals surface area contributed by atoms with Gasteiger partial charge in [0.2, 0.25) is 0 Å². The van der Waals surface area contributed by atoms with Gasteiger partial charge in [0.15, 0.2) is 0 Å². The molecule has 0 unspecified atom stereocenters. The van der Waals surface area contributed by atoms with Crippen LogP contribution in [0.15, 0.2) is 36.4 Å². The maximum absolute atomic E-state index is 12.3. The van der Waals surface area contributed by atoms with Crippen molar-refractivity contribution in [2.75, 3.05) is 17.2 Å². The Labute approximate surface area is 129 Å². The van der Waals surface area contributed by atoms with Crippen LogP contribution in [0.25, 0.3) is 0 Å². The summed E-state index contributed by atoms with van der Waals surface area (Å²) < 4.78 is 0. The molecule has 0 atom stereocenters. The zero-order chi connectivity index (χ0) is 15.2. The number of nitrogens with one attached hydrogen (secondary N) is 2. The Hall–Kier alpha value is -2.07. The Morgan fingerprint density at radius 2 is 2.05 bits per heavy atom. The molecule has 1 heterocycles. The molecule has 4 nitrogen and oxygen atoms in total. The Kier molecular flexibility index (Phi) is 5.17. The van der Waals surface area contributed by atoms with E-state index in [1.807, 2.05) is 19.1 Å². The van der Waals surface area contributed by atoms with Crippen LogP contribution in [0, 0.1) is 6.92 Å². The van der Waals surface area contributed by atoms with Crippen molar-refractivity contribution in [3.63, 3.8) is 0 Å². The minimum Gasteiger partial charge on any atom is -0.370 e. The summed E-state index contributed by atoms with van der Waals surface area (Å²) in [6.07, 6.45) is 0.997. The van der Waals surface area contributed by atoms with Gasteiger partial charge in [-0.05, 0) is 37.6 Å². The van der Waals surface area contributed by atoms with Crippen LogP contribution < -0.4 is 10.6 Å². The van der Waals surface area contributed by atoms with E-state index in [4.69, 9.17) is 11.6 Å². The lowest BCUT2D eigenvalue weighted by Gasteiger charge is -2.10. The second-order valence-corrected chi connectivity index (χ2v) is 5.15. The van der Waals surface area contributed by atoms with E-state index in [2.05, 4.69) is 22.5 Å². The van der Waals surface area contributed by atoms with Gasteiger partial charge in [0.1, 0.15) is 5.82 Å². The summed E-state index contributed by atoms with van der Waals surface area (Å²) in [5.74, 6) is 0.509. The molecule has 110 valence electrons. The average molecular weight is 304 g/mol. The largest absolute Gasteiger partial charge is 0.370 e. The molecule has 0 spiro atoms. The molecule has 5 heteroatoms. The fraction of sp³-hybridized carbons (Fsp3) is 0.250. The number of carbonyl (C=O) groups excluding carboxylic acids is 1. The fourth-order valence-corrected chi connectivity index (χ4v) is 2.08. The zero-order valence-electron chi connectivity index (χ0n) is 12.1. The number of benzene rings is 1. The van der Waals surface area contributed by atoms with Crippen molar-refractivity contribution in [3.05, 3.63) is 52.7 Å². The number of para-hydroxylation sites is 1. The Morgan fingerprint density at radius 3 is 2.76 bits per heavy atom. The van der Waals surface area contributed by atoms with E-state index in [-0.39, 0.29) is 5.91 Å². The third-order valence-electron chi connectivity index (χ3n) is 2.89. The van der Waals surface area contributed by atoms with Crippen molar-refractivity contribution in [3.8, 4) is 0 Å². The predicted octanol–water partition coefficient (Wildman–Crippen LogP) is 4.12. The van der Waals surface area contributed by atoms with Gasteiger partial charge in [-0.15, -0.1) is 0 Å². The molecule has 0 radical (unpaired) electrons. The van der Waals surface area contributed by atoms with Crippen LogP contribution in [0.5, 0.6) is 0 Å². The van der Waals surface area contributed by atoms with Gasteiger partial charge in [0, 0.05) is 17.8 Å². The van der Waals surface area contributed by atoms with Gasteiger partial charge in [-0.3, -0.25) is 4.79 Å². The van der Waals surface area contributed by atoms with E-state index < -0.39 is 0 Å². The number of hydrogen-bond donors (Lipinski definition) is 2. The Morgan fingerprint density at radius 1 is 1.29 bits per heavy atom. The number of amides is 1. The van der Waals surface area contributed by atoms with Crippen molar-refractivity contribution >= 4 is 29.0 Å². The first-order valence-electron chi connectivity index (χ1n) is 6.88. The summed E-state index contributed by atoms with van der Waals surface area (Å²) in [6.45, 7) is 4.76. The molecule has 1 amide bonds. The summed E-state index contributed by atoms with van der Waals surface area (Å²) in [5, 5.41) is 6.51. The van der Waals surface area contributed by atoms with Crippen LogP contribution in [0.2, 0.25) is 5.02 Å². The number of rotatable bonds is 5. The zero-order valence-corrected chi connectivity index (χ0v) is 12.9. The van der Waals surface area contributed by atoms with Gasteiger partial charge in [0.25, 0.3) is 5.91 Å². The number of hydrogen-bond acceptors (Lipinski definition) is 3. The van der Waals surface area contributed by atoms with E-state index in [1.165, 1.54) is 0 Å². The summed E-state index contributed by atoms with van der Waals surface area (Å²) >= 11 is 6.05. The normalized spacial score (nSPS) is 10.2. The van der Waals surface area contributed by atoms with Crippen LogP contribution in [0.1, 0.15) is 29.4 Å². The summed E-state index contributed by atoms with van der Waals surface area (Å²) in [4.78, 5) is 16.7. The minimum absolute atomic E-state index is 0.201. The van der Waals surface area contributed by atoms with Crippen molar-refractivity contribution < 1.29 is 4.79 Å². The number of aryl methyl sites for hydroxylation is 1. The second kappa shape index (κ2) is 7.09. The van der Waals surface area contributed by atoms with Crippen LogP contribution in [0.4, 0.5) is 11.5 Å². The smallest absolute Gasteiger partial charge is 0.255 e. The highest BCUT2D eigenvalue weighted by atomic mass is 35.5. The van der Waals surface area contributed by atoms with E-state index >= 15 is 0 Å². The number of carbonyl (C=O) groups is 1. The molecule has 0 aliphatic carbocycles. The third-order valence-corrected chi connectivity index (χ3v) is 3.22. The second-order valence-electron chi connectivity index (χ2n) is 4.74. The molecule has 1 aromatic heterocycles. The molecule has 2 rings (SSSR count). The number of pyridine rings is 1. The van der Waals surface area contributed by atoms with Gasteiger partial charge in [-0.2, -0.15) is 0 Å². The summed E-state index contributed by atoms with van der Waals surface area (Å²) in [5.41, 5.74) is 1.95. The molecule has 21 heavy (non-hydrogen) atoms. The van der Waals surface area contributed by atoms with Crippen LogP contribution >= 0.6 is 11.6 Å². The van der Waals surface area contributed by atoms with Crippen molar-refractivity contribution in [2.24, 2.45) is 0 Å². The molecule has 2 aromatic rings. The first-order chi connectivity index (χ1) is 10.1. The number of nitrogens with zero attached hydrogens (tertiary/aromatic N) is 1. The maximum Gasteiger partial charge on any atom is 0.255 e. The lowest BCUT2D eigenvalue weighted by Crippen LogP contribution is -2.14. The monoisotopic (exact) mass is 303 g/mol. The van der Waals surface area contributed by atoms with Crippen molar-refractivity contribution in [1.29, 1.82) is 0 Å². The standard InChI is InChI=1S/C16H18ClN3O/c1-3-8-18-15-10-12(9-11(2)19-15)16(21)20-14-7-5-4-6-13(14)17/h4-7,9-10H,3,8H2,1-2H3,(H,18,19)(H,20,21). The van der Waals surface area contributed by atoms with Gasteiger partial charge < -0.3 is 10.6 Å². The summed E-state index contributed by atoms with van der Waals surface area (Å²) in [7, 11) is 0. The molecular weight excluding hydrogens is 286 g/mol. The van der Waals surface area contributed by atoms with E-state index in [0.29, 0.717) is 22.1 Å². The molecule has 2 N–H and O–H groups in total. The molecule has 0 bridgehead atoms. The highest BCUT2D eigenvalue weighted by Gasteiger charge is 2.10. The molecule has 0 aliphatic rings. The number of anilines is 2. The fourth-order valence-electron chi connectivity index (χ4n) is 1.90. The highest BCUT2D eigenvalue weighted by Crippen LogP contribution is 2.21. The van der Waals surface area contributed by atoms with Crippen LogP contribution in [0.3, 0.4) is 0 Å². The number of aromatic nitrogens is 1. The van der Waals surface area contributed by atoms with Crippen molar-refractivity contribution in [2.45, 2.75) is 20.3 Å². The predicted molar refractivity (Wildman–Crippen MR) is 87.2 cm³/mol. The van der Waals surface area contributed by atoms with Crippen LogP contribution in [-0.4, -0.2) is 17.4 Å². The lowest BCUT2D eigenvalue weighted by molar-refractivity contribution is 0.102. The topological polar surface area (TPSA) is 54.0 Å². The molecular formula is C16H18ClN3O. The van der Waals surface area contributed by atoms with E-state index in [0.717, 1.165) is 18.7 Å². The lowest BCUT2D eigenvalue weighted by atomic mass is 10.2. The SMILES string of the molecule is CCCNc1cc(C(=O)Nc2ccccc2Cl)cc(C)n1. The molecule has 0 aliphatic heterocycles. The summed E-state index contributed by atoms with van der Waals surface area (Å²) in [6, 6.07) is 10.7. The molecule has 0 saturated carbocycles. The molecule has 0 fully saturated rings. The van der Waals surface area contributed by atoms with Gasteiger partial charge >= 0.3 is 0 Å². The van der Waals surface area contributed by atoms with E-state index in [1.54, 1.807) is 24.3 Å². The minimum atomic E-state index is -0.201. The van der Waals surface area contributed by atoms with Gasteiger partial charge in [-0.1, -0.05) is 30.7 Å². The third kappa shape index (κ3) is 4.20. The first kappa shape index (κ1) is 15.3. The van der Waals surface area contributed by atoms with Gasteiger partial charge in [0.05, 0.1) is 10.7 Å². The number of halogens is 1. The van der Waals surface area contributed by atoms with Crippen LogP contribution in [-0.2, 0) is 0 Å². The highest BCUT2D eigenvalue weighted by molar-refractivity contribution is 6.33. The average Bonchev–Trinajstić information content (AvgIpc) is 2.47. The molecule has 0 saturated heterocycles.